The van der Waals surface area contributed by atoms with Gasteiger partial charge in [0.2, 0.25) is 0 Å². The van der Waals surface area contributed by atoms with Crippen LogP contribution in [0.1, 0.15) is 39.0 Å². The molecule has 0 aliphatic rings. The molecule has 0 saturated carbocycles. The highest BCUT2D eigenvalue weighted by Gasteiger charge is 2.22. The van der Waals surface area contributed by atoms with E-state index in [0.29, 0.717) is 12.0 Å². The summed E-state index contributed by atoms with van der Waals surface area (Å²) in [5.74, 6) is 0.594. The van der Waals surface area contributed by atoms with Crippen molar-refractivity contribution >= 4 is 8.32 Å². The van der Waals surface area contributed by atoms with Gasteiger partial charge in [0, 0.05) is 6.10 Å². The monoisotopic (exact) mass is 254 g/mol. The van der Waals surface area contributed by atoms with Crippen LogP contribution in [0.15, 0.2) is 25.3 Å². The predicted molar refractivity (Wildman–Crippen MR) is 80.9 cm³/mol. The van der Waals surface area contributed by atoms with E-state index in [2.05, 4.69) is 45.8 Å². The summed E-state index contributed by atoms with van der Waals surface area (Å²) in [5.41, 5.74) is 0. The van der Waals surface area contributed by atoms with E-state index in [-0.39, 0.29) is 0 Å². The molecule has 0 aromatic carbocycles. The molecule has 2 heteroatoms. The zero-order chi connectivity index (χ0) is 13.3. The summed E-state index contributed by atoms with van der Waals surface area (Å²) in [7, 11) is -1.45. The number of rotatable bonds is 10. The van der Waals surface area contributed by atoms with Gasteiger partial charge in [-0.2, -0.15) is 0 Å². The molecular formula is C15H30OSi. The lowest BCUT2D eigenvalue weighted by Gasteiger charge is -2.28. The predicted octanol–water partition coefficient (Wildman–Crippen LogP) is 5.17. The largest absolute Gasteiger partial charge is 0.414 e. The molecule has 0 aliphatic heterocycles. The van der Waals surface area contributed by atoms with Crippen molar-refractivity contribution in [2.75, 3.05) is 0 Å². The van der Waals surface area contributed by atoms with E-state index >= 15 is 0 Å². The summed E-state index contributed by atoms with van der Waals surface area (Å²) in [4.78, 5) is 0. The second-order valence-corrected chi connectivity index (χ2v) is 10.2. The Labute approximate surface area is 109 Å². The molecule has 0 aliphatic carbocycles. The summed E-state index contributed by atoms with van der Waals surface area (Å²) < 4.78 is 6.21. The summed E-state index contributed by atoms with van der Waals surface area (Å²) in [6.07, 6.45) is 10.2. The zero-order valence-corrected chi connectivity index (χ0v) is 13.2. The molecule has 100 valence electrons. The van der Waals surface area contributed by atoms with E-state index in [1.807, 2.05) is 6.08 Å². The summed E-state index contributed by atoms with van der Waals surface area (Å²) in [6.45, 7) is 16.8. The van der Waals surface area contributed by atoms with Crippen molar-refractivity contribution in [1.29, 1.82) is 0 Å². The standard InChI is InChI=1S/C15H30OSi/c1-7-10-12-14(9-3)13-15(11-8-2)16-17(4,5)6/h8-9,14-15H,2-3,7,10-13H2,1,4-6H3. The van der Waals surface area contributed by atoms with Crippen molar-refractivity contribution in [3.63, 3.8) is 0 Å². The Morgan fingerprint density at radius 3 is 2.29 bits per heavy atom. The van der Waals surface area contributed by atoms with Gasteiger partial charge in [-0.15, -0.1) is 13.2 Å². The third-order valence-electron chi connectivity index (χ3n) is 2.78. The van der Waals surface area contributed by atoms with Gasteiger partial charge >= 0.3 is 0 Å². The molecule has 0 spiro atoms. The van der Waals surface area contributed by atoms with Gasteiger partial charge in [-0.3, -0.25) is 0 Å². The zero-order valence-electron chi connectivity index (χ0n) is 12.2. The van der Waals surface area contributed by atoms with Crippen LogP contribution in [0.5, 0.6) is 0 Å². The smallest absolute Gasteiger partial charge is 0.184 e. The van der Waals surface area contributed by atoms with E-state index in [1.54, 1.807) is 0 Å². The quantitative estimate of drug-likeness (QED) is 0.386. The van der Waals surface area contributed by atoms with Crippen molar-refractivity contribution in [3.05, 3.63) is 25.3 Å². The average molecular weight is 254 g/mol. The fraction of sp³-hybridized carbons (Fsp3) is 0.733. The van der Waals surface area contributed by atoms with Crippen LogP contribution in [0, 0.1) is 5.92 Å². The Kier molecular flexibility index (Phi) is 8.53. The summed E-state index contributed by atoms with van der Waals surface area (Å²) in [6, 6.07) is 0. The van der Waals surface area contributed by atoms with E-state index in [1.165, 1.54) is 19.3 Å². The Hall–Kier alpha value is -0.343. The van der Waals surface area contributed by atoms with Crippen LogP contribution in [0.25, 0.3) is 0 Å². The van der Waals surface area contributed by atoms with Crippen molar-refractivity contribution in [3.8, 4) is 0 Å². The lowest BCUT2D eigenvalue weighted by molar-refractivity contribution is 0.169. The van der Waals surface area contributed by atoms with E-state index in [0.717, 1.165) is 12.8 Å². The van der Waals surface area contributed by atoms with Crippen LogP contribution in [-0.4, -0.2) is 14.4 Å². The third kappa shape index (κ3) is 9.37. The first-order valence-corrected chi connectivity index (χ1v) is 10.2. The van der Waals surface area contributed by atoms with Gasteiger partial charge in [-0.25, -0.2) is 0 Å². The first-order chi connectivity index (χ1) is 7.92. The second kappa shape index (κ2) is 8.70. The molecule has 0 saturated heterocycles. The fourth-order valence-corrected chi connectivity index (χ4v) is 3.21. The Bertz CT molecular complexity index is 217. The molecule has 0 radical (unpaired) electrons. The molecule has 2 unspecified atom stereocenters. The van der Waals surface area contributed by atoms with Crippen LogP contribution < -0.4 is 0 Å². The van der Waals surface area contributed by atoms with Crippen molar-refractivity contribution in [1.82, 2.24) is 0 Å². The SMILES string of the molecule is C=CCC(CC(C=C)CCCC)O[Si](C)(C)C. The number of hydrogen-bond donors (Lipinski definition) is 0. The maximum atomic E-state index is 6.21. The minimum Gasteiger partial charge on any atom is -0.414 e. The number of allylic oxidation sites excluding steroid dienone is 1. The number of hydrogen-bond acceptors (Lipinski definition) is 1. The average Bonchev–Trinajstić information content (AvgIpc) is 2.22. The van der Waals surface area contributed by atoms with Gasteiger partial charge in [-0.1, -0.05) is 31.9 Å². The lowest BCUT2D eigenvalue weighted by Crippen LogP contribution is -2.32. The summed E-state index contributed by atoms with van der Waals surface area (Å²) >= 11 is 0. The maximum absolute atomic E-state index is 6.21. The van der Waals surface area contributed by atoms with Crippen molar-refractivity contribution < 1.29 is 4.43 Å². The van der Waals surface area contributed by atoms with Gasteiger partial charge in [0.05, 0.1) is 0 Å². The molecule has 0 N–H and O–H groups in total. The Balaban J connectivity index is 4.28. The lowest BCUT2D eigenvalue weighted by atomic mass is 9.94. The molecule has 1 nitrogen and oxygen atoms in total. The molecule has 17 heavy (non-hydrogen) atoms. The molecule has 0 heterocycles. The van der Waals surface area contributed by atoms with Crippen LogP contribution in [0.2, 0.25) is 19.6 Å². The van der Waals surface area contributed by atoms with Crippen LogP contribution in [0.3, 0.4) is 0 Å². The van der Waals surface area contributed by atoms with E-state index in [9.17, 15) is 0 Å². The van der Waals surface area contributed by atoms with Gasteiger partial charge < -0.3 is 4.43 Å². The molecule has 2 atom stereocenters. The van der Waals surface area contributed by atoms with Crippen molar-refractivity contribution in [2.24, 2.45) is 5.92 Å². The van der Waals surface area contributed by atoms with Crippen molar-refractivity contribution in [2.45, 2.75) is 64.8 Å². The minimum atomic E-state index is -1.45. The van der Waals surface area contributed by atoms with Gasteiger partial charge in [0.1, 0.15) is 0 Å². The highest BCUT2D eigenvalue weighted by molar-refractivity contribution is 6.69. The first-order valence-electron chi connectivity index (χ1n) is 6.84. The van der Waals surface area contributed by atoms with Crippen LogP contribution in [0.4, 0.5) is 0 Å². The van der Waals surface area contributed by atoms with Crippen LogP contribution >= 0.6 is 0 Å². The molecular weight excluding hydrogens is 224 g/mol. The van der Waals surface area contributed by atoms with E-state index < -0.39 is 8.32 Å². The molecule has 0 aromatic heterocycles. The molecule has 0 amide bonds. The molecule has 0 aromatic rings. The maximum Gasteiger partial charge on any atom is 0.184 e. The second-order valence-electron chi connectivity index (χ2n) is 5.75. The van der Waals surface area contributed by atoms with Gasteiger partial charge in [0.25, 0.3) is 0 Å². The minimum absolute atomic E-state index is 0.332. The third-order valence-corrected chi connectivity index (χ3v) is 3.82. The van der Waals surface area contributed by atoms with E-state index in [4.69, 9.17) is 4.43 Å². The first kappa shape index (κ1) is 16.7. The Morgan fingerprint density at radius 2 is 1.88 bits per heavy atom. The number of unbranched alkanes of at least 4 members (excludes halogenated alkanes) is 1. The summed E-state index contributed by atoms with van der Waals surface area (Å²) in [5, 5.41) is 0. The van der Waals surface area contributed by atoms with Crippen LogP contribution in [-0.2, 0) is 4.43 Å². The highest BCUT2D eigenvalue weighted by atomic mass is 28.4. The normalized spacial score (nSPS) is 15.3. The highest BCUT2D eigenvalue weighted by Crippen LogP contribution is 2.22. The molecule has 0 fully saturated rings. The molecule has 0 rings (SSSR count). The topological polar surface area (TPSA) is 9.23 Å². The fourth-order valence-electron chi connectivity index (χ4n) is 2.01. The van der Waals surface area contributed by atoms with Gasteiger partial charge in [0.15, 0.2) is 8.32 Å². The Morgan fingerprint density at radius 1 is 1.24 bits per heavy atom. The van der Waals surface area contributed by atoms with Gasteiger partial charge in [-0.05, 0) is 44.8 Å². The molecule has 0 bridgehead atoms.